The van der Waals surface area contributed by atoms with Gasteiger partial charge in [0.2, 0.25) is 5.76 Å². The molecule has 1 atom stereocenters. The van der Waals surface area contributed by atoms with Crippen LogP contribution < -0.4 is 10.3 Å². The van der Waals surface area contributed by atoms with Gasteiger partial charge in [0.05, 0.1) is 17.0 Å². The van der Waals surface area contributed by atoms with Crippen molar-refractivity contribution in [2.24, 2.45) is 0 Å². The molecule has 0 aliphatic carbocycles. The SMILES string of the molecule is Cc1ccnc(N2C(=O)c3oc4ccccc4c(=O)c3[C@@H]2c2ccccc2)c1. The van der Waals surface area contributed by atoms with Gasteiger partial charge in [0, 0.05) is 6.20 Å². The first-order chi connectivity index (χ1) is 13.6. The number of nitrogens with zero attached hydrogens (tertiary/aromatic N) is 2. The van der Waals surface area contributed by atoms with E-state index in [-0.39, 0.29) is 17.1 Å². The molecule has 5 nitrogen and oxygen atoms in total. The second-order valence-electron chi connectivity index (χ2n) is 6.85. The standard InChI is InChI=1S/C23H16N2O3/c1-14-11-12-24-18(13-14)25-20(15-7-3-2-4-8-15)19-21(26)16-9-5-6-10-17(16)28-22(19)23(25)27/h2-13,20H,1H3/t20-/m0/s1. The average molecular weight is 368 g/mol. The van der Waals surface area contributed by atoms with Crippen molar-refractivity contribution in [2.75, 3.05) is 4.90 Å². The van der Waals surface area contributed by atoms with E-state index in [0.29, 0.717) is 22.4 Å². The van der Waals surface area contributed by atoms with E-state index in [1.165, 1.54) is 0 Å². The van der Waals surface area contributed by atoms with E-state index < -0.39 is 6.04 Å². The summed E-state index contributed by atoms with van der Waals surface area (Å²) in [5.41, 5.74) is 2.39. The summed E-state index contributed by atoms with van der Waals surface area (Å²) in [5, 5.41) is 0.467. The first-order valence-electron chi connectivity index (χ1n) is 9.02. The van der Waals surface area contributed by atoms with Gasteiger partial charge in [-0.1, -0.05) is 42.5 Å². The molecule has 2 aromatic carbocycles. The predicted octanol–water partition coefficient (Wildman–Crippen LogP) is 4.25. The predicted molar refractivity (Wildman–Crippen MR) is 107 cm³/mol. The Morgan fingerprint density at radius 2 is 1.71 bits per heavy atom. The Bertz CT molecular complexity index is 1280. The number of benzene rings is 2. The Labute approximate surface area is 160 Å². The molecule has 136 valence electrons. The molecule has 0 saturated heterocycles. The summed E-state index contributed by atoms with van der Waals surface area (Å²) in [6.45, 7) is 1.94. The van der Waals surface area contributed by atoms with Crippen molar-refractivity contribution in [1.29, 1.82) is 0 Å². The number of aryl methyl sites for hydroxylation is 1. The van der Waals surface area contributed by atoms with Gasteiger partial charge in [-0.3, -0.25) is 14.5 Å². The first-order valence-corrected chi connectivity index (χ1v) is 9.02. The van der Waals surface area contributed by atoms with Crippen LogP contribution in [-0.2, 0) is 0 Å². The number of pyridine rings is 1. The fourth-order valence-electron chi connectivity index (χ4n) is 3.76. The van der Waals surface area contributed by atoms with Crippen molar-refractivity contribution in [3.05, 3.63) is 106 Å². The number of para-hydroxylation sites is 1. The van der Waals surface area contributed by atoms with Gasteiger partial charge in [0.15, 0.2) is 5.43 Å². The molecule has 0 spiro atoms. The van der Waals surface area contributed by atoms with Gasteiger partial charge in [-0.05, 0) is 42.3 Å². The second kappa shape index (κ2) is 6.16. The van der Waals surface area contributed by atoms with E-state index in [1.54, 1.807) is 35.4 Å². The van der Waals surface area contributed by atoms with Gasteiger partial charge in [0.25, 0.3) is 5.91 Å². The smallest absolute Gasteiger partial charge is 0.296 e. The molecule has 0 bridgehead atoms. The molecule has 3 heterocycles. The molecule has 5 rings (SSSR count). The second-order valence-corrected chi connectivity index (χ2v) is 6.85. The molecule has 0 saturated carbocycles. The molecule has 1 aliphatic heterocycles. The highest BCUT2D eigenvalue weighted by Crippen LogP contribution is 2.40. The van der Waals surface area contributed by atoms with E-state index in [2.05, 4.69) is 4.98 Å². The molecule has 0 unspecified atom stereocenters. The molecule has 1 amide bonds. The number of fused-ring (bicyclic) bond motifs is 2. The fourth-order valence-corrected chi connectivity index (χ4v) is 3.76. The number of rotatable bonds is 2. The van der Waals surface area contributed by atoms with Crippen molar-refractivity contribution in [2.45, 2.75) is 13.0 Å². The minimum atomic E-state index is -0.584. The highest BCUT2D eigenvalue weighted by molar-refractivity contribution is 6.10. The molecule has 4 aromatic rings. The van der Waals surface area contributed by atoms with Crippen molar-refractivity contribution in [3.63, 3.8) is 0 Å². The maximum atomic E-state index is 13.3. The first kappa shape index (κ1) is 16.4. The van der Waals surface area contributed by atoms with E-state index >= 15 is 0 Å². The Balaban J connectivity index is 1.83. The van der Waals surface area contributed by atoms with Crippen LogP contribution in [0.1, 0.15) is 33.3 Å². The maximum Gasteiger partial charge on any atom is 0.296 e. The Kier molecular flexibility index (Phi) is 3.62. The monoisotopic (exact) mass is 368 g/mol. The largest absolute Gasteiger partial charge is 0.450 e. The zero-order valence-electron chi connectivity index (χ0n) is 15.1. The van der Waals surface area contributed by atoms with E-state index in [0.717, 1.165) is 11.1 Å². The number of anilines is 1. The van der Waals surface area contributed by atoms with Crippen LogP contribution in [0.5, 0.6) is 0 Å². The minimum Gasteiger partial charge on any atom is -0.450 e. The van der Waals surface area contributed by atoms with Gasteiger partial charge in [0.1, 0.15) is 11.4 Å². The summed E-state index contributed by atoms with van der Waals surface area (Å²) in [6.07, 6.45) is 1.66. The van der Waals surface area contributed by atoms with Crippen LogP contribution in [0.25, 0.3) is 11.0 Å². The van der Waals surface area contributed by atoms with Crippen LogP contribution >= 0.6 is 0 Å². The van der Waals surface area contributed by atoms with E-state index in [1.807, 2.05) is 49.4 Å². The van der Waals surface area contributed by atoms with Crippen molar-refractivity contribution in [1.82, 2.24) is 4.98 Å². The highest BCUT2D eigenvalue weighted by Gasteiger charge is 2.44. The van der Waals surface area contributed by atoms with E-state index in [9.17, 15) is 9.59 Å². The summed E-state index contributed by atoms with van der Waals surface area (Å²) < 4.78 is 5.91. The lowest BCUT2D eigenvalue weighted by Gasteiger charge is -2.24. The number of carbonyl (C=O) groups is 1. The normalized spacial score (nSPS) is 15.8. The van der Waals surface area contributed by atoms with Gasteiger partial charge in [-0.15, -0.1) is 0 Å². The molecule has 0 fully saturated rings. The lowest BCUT2D eigenvalue weighted by atomic mass is 9.98. The van der Waals surface area contributed by atoms with Crippen LogP contribution in [0, 0.1) is 6.92 Å². The molecular formula is C23H16N2O3. The lowest BCUT2D eigenvalue weighted by Crippen LogP contribution is -2.30. The molecule has 2 aromatic heterocycles. The molecule has 28 heavy (non-hydrogen) atoms. The van der Waals surface area contributed by atoms with Crippen LogP contribution in [0.15, 0.2) is 82.1 Å². The molecule has 1 aliphatic rings. The number of carbonyl (C=O) groups excluding carboxylic acids is 1. The zero-order chi connectivity index (χ0) is 19.3. The average Bonchev–Trinajstić information content (AvgIpc) is 3.02. The summed E-state index contributed by atoms with van der Waals surface area (Å²) >= 11 is 0. The van der Waals surface area contributed by atoms with Gasteiger partial charge in [-0.2, -0.15) is 0 Å². The van der Waals surface area contributed by atoms with Gasteiger partial charge in [-0.25, -0.2) is 4.98 Å². The number of amides is 1. The summed E-state index contributed by atoms with van der Waals surface area (Å²) in [5.74, 6) is 0.222. The fraction of sp³-hybridized carbons (Fsp3) is 0.0870. The highest BCUT2D eigenvalue weighted by atomic mass is 16.3. The third-order valence-corrected chi connectivity index (χ3v) is 5.04. The number of hydrogen-bond acceptors (Lipinski definition) is 4. The quantitative estimate of drug-likeness (QED) is 0.531. The molecule has 0 N–H and O–H groups in total. The summed E-state index contributed by atoms with van der Waals surface area (Å²) in [6, 6.07) is 19.6. The van der Waals surface area contributed by atoms with Gasteiger partial charge >= 0.3 is 0 Å². The zero-order valence-corrected chi connectivity index (χ0v) is 15.1. The third-order valence-electron chi connectivity index (χ3n) is 5.04. The minimum absolute atomic E-state index is 0.0841. The number of hydrogen-bond donors (Lipinski definition) is 0. The number of aromatic nitrogens is 1. The van der Waals surface area contributed by atoms with Gasteiger partial charge < -0.3 is 4.42 Å². The Morgan fingerprint density at radius 3 is 2.50 bits per heavy atom. The maximum absolute atomic E-state index is 13.3. The van der Waals surface area contributed by atoms with Crippen LogP contribution in [0.3, 0.4) is 0 Å². The van der Waals surface area contributed by atoms with Crippen LogP contribution in [0.4, 0.5) is 5.82 Å². The summed E-state index contributed by atoms with van der Waals surface area (Å²) in [4.78, 5) is 32.6. The van der Waals surface area contributed by atoms with E-state index in [4.69, 9.17) is 4.42 Å². The Morgan fingerprint density at radius 1 is 0.964 bits per heavy atom. The summed E-state index contributed by atoms with van der Waals surface area (Å²) in [7, 11) is 0. The molecule has 0 radical (unpaired) electrons. The van der Waals surface area contributed by atoms with Crippen molar-refractivity contribution in [3.8, 4) is 0 Å². The molecular weight excluding hydrogens is 352 g/mol. The van der Waals surface area contributed by atoms with Crippen molar-refractivity contribution >= 4 is 22.7 Å². The van der Waals surface area contributed by atoms with Crippen LogP contribution in [-0.4, -0.2) is 10.9 Å². The topological polar surface area (TPSA) is 63.4 Å². The lowest BCUT2D eigenvalue weighted by molar-refractivity contribution is 0.0970. The Hall–Kier alpha value is -3.73. The van der Waals surface area contributed by atoms with Crippen LogP contribution in [0.2, 0.25) is 0 Å². The third kappa shape index (κ3) is 2.36. The molecule has 5 heteroatoms. The van der Waals surface area contributed by atoms with Crippen molar-refractivity contribution < 1.29 is 9.21 Å².